The predicted molar refractivity (Wildman–Crippen MR) is 78.8 cm³/mol. The van der Waals surface area contributed by atoms with E-state index in [1.54, 1.807) is 17.0 Å². The van der Waals surface area contributed by atoms with Gasteiger partial charge in [-0.25, -0.2) is 4.98 Å². The van der Waals surface area contributed by atoms with E-state index in [2.05, 4.69) is 46.8 Å². The number of aliphatic hydroxyl groups is 1. The van der Waals surface area contributed by atoms with Gasteiger partial charge < -0.3 is 9.67 Å². The minimum absolute atomic E-state index is 0.174. The number of rotatable bonds is 3. The van der Waals surface area contributed by atoms with Gasteiger partial charge in [-0.05, 0) is 38.8 Å². The van der Waals surface area contributed by atoms with Crippen LogP contribution in [0.3, 0.4) is 0 Å². The van der Waals surface area contributed by atoms with E-state index in [0.717, 1.165) is 11.4 Å². The summed E-state index contributed by atoms with van der Waals surface area (Å²) in [5.74, 6) is -0.174. The number of imidazole rings is 1. The molecule has 0 aliphatic carbocycles. The summed E-state index contributed by atoms with van der Waals surface area (Å²) in [5, 5.41) is 10.5. The van der Waals surface area contributed by atoms with Crippen LogP contribution in [0.25, 0.3) is 0 Å². The van der Waals surface area contributed by atoms with Crippen molar-refractivity contribution in [2.75, 3.05) is 0 Å². The predicted octanol–water partition coefficient (Wildman–Crippen LogP) is 2.88. The molecule has 0 aliphatic rings. The lowest BCUT2D eigenvalue weighted by Crippen LogP contribution is -2.13. The molecule has 0 aliphatic heterocycles. The molecule has 0 saturated carbocycles. The maximum Gasteiger partial charge on any atom is 0.178 e. The van der Waals surface area contributed by atoms with Crippen LogP contribution in [0.4, 0.5) is 0 Å². The van der Waals surface area contributed by atoms with E-state index >= 15 is 0 Å². The van der Waals surface area contributed by atoms with E-state index in [1.165, 1.54) is 0 Å². The van der Waals surface area contributed by atoms with Gasteiger partial charge in [0.25, 0.3) is 0 Å². The molecule has 0 spiro atoms. The van der Waals surface area contributed by atoms with Crippen molar-refractivity contribution in [2.45, 2.75) is 25.9 Å². The molecule has 0 saturated heterocycles. The second-order valence-electron chi connectivity index (χ2n) is 4.43. The molecular weight excluding hydrogens is 376 g/mol. The summed E-state index contributed by atoms with van der Waals surface area (Å²) in [6.07, 6.45) is 2.69. The Kier molecular flexibility index (Phi) is 4.37. The van der Waals surface area contributed by atoms with Crippen LogP contribution in [0.15, 0.2) is 21.7 Å². The number of halogens is 2. The van der Waals surface area contributed by atoms with Gasteiger partial charge in [0.2, 0.25) is 0 Å². The number of hydrogen-bond donors (Lipinski definition) is 1. The van der Waals surface area contributed by atoms with Crippen molar-refractivity contribution >= 4 is 31.9 Å². The lowest BCUT2D eigenvalue weighted by Gasteiger charge is -2.19. The SMILES string of the molecule is Cc1cnc(C(C)C(O)c2c(Br)nc(Br)n2C)cn1. The number of aryl methyl sites for hydroxylation is 1. The monoisotopic (exact) mass is 388 g/mol. The van der Waals surface area contributed by atoms with Crippen LogP contribution in [-0.2, 0) is 7.05 Å². The normalized spacial score (nSPS) is 14.4. The van der Waals surface area contributed by atoms with Crippen molar-refractivity contribution in [3.8, 4) is 0 Å². The summed E-state index contributed by atoms with van der Waals surface area (Å²) in [7, 11) is 1.84. The summed E-state index contributed by atoms with van der Waals surface area (Å²) in [5.41, 5.74) is 2.32. The van der Waals surface area contributed by atoms with Crippen LogP contribution >= 0.6 is 31.9 Å². The molecule has 0 aromatic carbocycles. The molecule has 19 heavy (non-hydrogen) atoms. The molecule has 0 amide bonds. The lowest BCUT2D eigenvalue weighted by atomic mass is 9.99. The topological polar surface area (TPSA) is 63.8 Å². The third-order valence-corrected chi connectivity index (χ3v) is 4.35. The largest absolute Gasteiger partial charge is 0.386 e. The molecule has 2 rings (SSSR count). The van der Waals surface area contributed by atoms with Crippen LogP contribution in [-0.4, -0.2) is 24.6 Å². The zero-order chi connectivity index (χ0) is 14.2. The van der Waals surface area contributed by atoms with Gasteiger partial charge >= 0.3 is 0 Å². The van der Waals surface area contributed by atoms with Gasteiger partial charge in [0.05, 0.1) is 17.1 Å². The highest BCUT2D eigenvalue weighted by Crippen LogP contribution is 2.34. The Morgan fingerprint density at radius 3 is 2.42 bits per heavy atom. The molecule has 2 heterocycles. The molecule has 7 heteroatoms. The van der Waals surface area contributed by atoms with Crippen molar-refractivity contribution in [2.24, 2.45) is 7.05 Å². The molecule has 2 unspecified atom stereocenters. The Labute approximate surface area is 128 Å². The minimum Gasteiger partial charge on any atom is -0.386 e. The summed E-state index contributed by atoms with van der Waals surface area (Å²) in [4.78, 5) is 12.7. The molecule has 0 fully saturated rings. The summed E-state index contributed by atoms with van der Waals surface area (Å²) in [6.45, 7) is 3.80. The standard InChI is InChI=1S/C12H14Br2N4O/c1-6-4-16-8(5-15-6)7(2)10(19)9-11(13)17-12(14)18(9)3/h4-5,7,10,19H,1-3H3. The van der Waals surface area contributed by atoms with E-state index in [4.69, 9.17) is 0 Å². The second kappa shape index (κ2) is 5.68. The minimum atomic E-state index is -0.713. The fourth-order valence-electron chi connectivity index (χ4n) is 1.81. The van der Waals surface area contributed by atoms with Gasteiger partial charge in [-0.3, -0.25) is 9.97 Å². The van der Waals surface area contributed by atoms with Gasteiger partial charge in [0.1, 0.15) is 10.7 Å². The fourth-order valence-corrected chi connectivity index (χ4v) is 3.08. The van der Waals surface area contributed by atoms with Gasteiger partial charge in [0, 0.05) is 25.4 Å². The maximum atomic E-state index is 10.5. The van der Waals surface area contributed by atoms with Crippen LogP contribution < -0.4 is 0 Å². The molecule has 5 nitrogen and oxygen atoms in total. The zero-order valence-electron chi connectivity index (χ0n) is 10.8. The van der Waals surface area contributed by atoms with Gasteiger partial charge in [0.15, 0.2) is 4.73 Å². The number of nitrogens with zero attached hydrogens (tertiary/aromatic N) is 4. The fraction of sp³-hybridized carbons (Fsp3) is 0.417. The van der Waals surface area contributed by atoms with E-state index in [0.29, 0.717) is 15.0 Å². The first kappa shape index (κ1) is 14.6. The first-order valence-electron chi connectivity index (χ1n) is 5.76. The van der Waals surface area contributed by atoms with E-state index < -0.39 is 6.10 Å². The molecule has 0 bridgehead atoms. The highest BCUT2D eigenvalue weighted by molar-refractivity contribution is 9.11. The van der Waals surface area contributed by atoms with Crippen molar-refractivity contribution in [1.82, 2.24) is 19.5 Å². The third kappa shape index (κ3) is 2.88. The van der Waals surface area contributed by atoms with E-state index in [1.807, 2.05) is 20.9 Å². The average molecular weight is 390 g/mol. The van der Waals surface area contributed by atoms with Crippen LogP contribution in [0.2, 0.25) is 0 Å². The molecule has 102 valence electrons. The Morgan fingerprint density at radius 2 is 1.95 bits per heavy atom. The van der Waals surface area contributed by atoms with E-state index in [9.17, 15) is 5.11 Å². The summed E-state index contributed by atoms with van der Waals surface area (Å²) in [6, 6.07) is 0. The van der Waals surface area contributed by atoms with Gasteiger partial charge in [-0.1, -0.05) is 6.92 Å². The number of aliphatic hydroxyl groups excluding tert-OH is 1. The summed E-state index contributed by atoms with van der Waals surface area (Å²) >= 11 is 6.70. The highest BCUT2D eigenvalue weighted by Gasteiger charge is 2.26. The Bertz CT molecular complexity index is 582. The summed E-state index contributed by atoms with van der Waals surface area (Å²) < 4.78 is 3.09. The average Bonchev–Trinajstić information content (AvgIpc) is 2.62. The van der Waals surface area contributed by atoms with Crippen LogP contribution in [0.5, 0.6) is 0 Å². The van der Waals surface area contributed by atoms with E-state index in [-0.39, 0.29) is 5.92 Å². The molecule has 0 radical (unpaired) electrons. The van der Waals surface area contributed by atoms with Gasteiger partial charge in [-0.15, -0.1) is 0 Å². The van der Waals surface area contributed by atoms with Crippen LogP contribution in [0, 0.1) is 6.92 Å². The first-order chi connectivity index (χ1) is 8.91. The van der Waals surface area contributed by atoms with Crippen molar-refractivity contribution in [1.29, 1.82) is 0 Å². The number of aromatic nitrogens is 4. The first-order valence-corrected chi connectivity index (χ1v) is 7.34. The third-order valence-electron chi connectivity index (χ3n) is 3.06. The smallest absolute Gasteiger partial charge is 0.178 e. The quantitative estimate of drug-likeness (QED) is 0.876. The lowest BCUT2D eigenvalue weighted by molar-refractivity contribution is 0.141. The van der Waals surface area contributed by atoms with Crippen LogP contribution in [0.1, 0.15) is 36.0 Å². The van der Waals surface area contributed by atoms with Crippen molar-refractivity contribution in [3.63, 3.8) is 0 Å². The molecule has 1 N–H and O–H groups in total. The molecule has 2 aromatic rings. The molecule has 2 atom stereocenters. The number of hydrogen-bond acceptors (Lipinski definition) is 4. The Morgan fingerprint density at radius 1 is 1.26 bits per heavy atom. The second-order valence-corrected chi connectivity index (χ2v) is 5.89. The Hall–Kier alpha value is -0.790. The maximum absolute atomic E-state index is 10.5. The Balaban J connectivity index is 2.33. The van der Waals surface area contributed by atoms with Crippen molar-refractivity contribution in [3.05, 3.63) is 38.8 Å². The highest BCUT2D eigenvalue weighted by atomic mass is 79.9. The van der Waals surface area contributed by atoms with Gasteiger partial charge in [-0.2, -0.15) is 0 Å². The van der Waals surface area contributed by atoms with Crippen molar-refractivity contribution < 1.29 is 5.11 Å². The molecular formula is C12H14Br2N4O. The zero-order valence-corrected chi connectivity index (χ0v) is 14.0. The molecule has 2 aromatic heterocycles.